The van der Waals surface area contributed by atoms with E-state index in [1.165, 1.54) is 17.8 Å². The third kappa shape index (κ3) is 2.99. The molecule has 0 atom stereocenters. The summed E-state index contributed by atoms with van der Waals surface area (Å²) in [6.45, 7) is 2.58. The van der Waals surface area contributed by atoms with Crippen molar-refractivity contribution in [1.29, 1.82) is 0 Å². The Morgan fingerprint density at radius 3 is 2.29 bits per heavy atom. The Morgan fingerprint density at radius 1 is 1.41 bits per heavy atom. The monoisotopic (exact) mass is 263 g/mol. The maximum atomic E-state index is 11.9. The van der Waals surface area contributed by atoms with Gasteiger partial charge in [0, 0.05) is 26.2 Å². The maximum Gasteiger partial charge on any atom is 0.279 e. The first-order valence-corrected chi connectivity index (χ1v) is 7.73. The van der Waals surface area contributed by atoms with Gasteiger partial charge in [0.25, 0.3) is 10.2 Å². The fourth-order valence-corrected chi connectivity index (χ4v) is 3.70. The molecular weight excluding hydrogens is 238 g/mol. The maximum absolute atomic E-state index is 11.9. The molecule has 0 aliphatic heterocycles. The summed E-state index contributed by atoms with van der Waals surface area (Å²) in [5.41, 5.74) is 5.45. The van der Waals surface area contributed by atoms with Crippen molar-refractivity contribution >= 4 is 10.2 Å². The molecule has 0 heterocycles. The van der Waals surface area contributed by atoms with Gasteiger partial charge in [-0.05, 0) is 31.6 Å². The Balaban J connectivity index is 2.84. The van der Waals surface area contributed by atoms with E-state index in [1.54, 1.807) is 7.05 Å². The fourth-order valence-electron chi connectivity index (χ4n) is 2.66. The van der Waals surface area contributed by atoms with Crippen molar-refractivity contribution in [1.82, 2.24) is 9.03 Å². The highest BCUT2D eigenvalue weighted by atomic mass is 32.2. The normalized spacial score (nSPS) is 30.8. The molecule has 5 nitrogen and oxygen atoms in total. The zero-order chi connectivity index (χ0) is 13.1. The topological polar surface area (TPSA) is 75.4 Å². The van der Waals surface area contributed by atoms with Gasteiger partial charge < -0.3 is 5.73 Å². The molecule has 0 radical (unpaired) electrons. The first kappa shape index (κ1) is 14.9. The summed E-state index contributed by atoms with van der Waals surface area (Å²) in [4.78, 5) is 0. The van der Waals surface area contributed by atoms with Crippen molar-refractivity contribution in [3.05, 3.63) is 0 Å². The lowest BCUT2D eigenvalue weighted by Crippen LogP contribution is -2.58. The molecule has 0 aromatic heterocycles. The lowest BCUT2D eigenvalue weighted by Gasteiger charge is -2.44. The molecule has 3 N–H and O–H groups in total. The molecule has 0 aromatic carbocycles. The molecule has 1 aliphatic rings. The highest BCUT2D eigenvalue weighted by Crippen LogP contribution is 2.37. The van der Waals surface area contributed by atoms with E-state index < -0.39 is 15.7 Å². The Morgan fingerprint density at radius 2 is 1.94 bits per heavy atom. The molecule has 1 rings (SSSR count). The molecule has 102 valence electrons. The van der Waals surface area contributed by atoms with Crippen molar-refractivity contribution in [3.63, 3.8) is 0 Å². The van der Waals surface area contributed by atoms with Gasteiger partial charge in [-0.1, -0.05) is 13.3 Å². The molecular formula is C11H25N3O2S. The molecule has 0 unspecified atom stereocenters. The van der Waals surface area contributed by atoms with Gasteiger partial charge in [0.05, 0.1) is 0 Å². The zero-order valence-electron chi connectivity index (χ0n) is 11.1. The van der Waals surface area contributed by atoms with E-state index in [9.17, 15) is 8.42 Å². The van der Waals surface area contributed by atoms with Crippen LogP contribution in [0.5, 0.6) is 0 Å². The minimum atomic E-state index is -3.39. The summed E-state index contributed by atoms with van der Waals surface area (Å²) in [6.07, 6.45) is 5.02. The first-order chi connectivity index (χ1) is 7.91. The molecule has 17 heavy (non-hydrogen) atoms. The predicted octanol–water partition coefficient (Wildman–Crippen LogP) is 0.680. The number of likely N-dealkylation sites (N-methyl/N-ethyl adjacent to an activating group) is 1. The van der Waals surface area contributed by atoms with Crippen molar-refractivity contribution < 1.29 is 8.42 Å². The number of nitrogens with zero attached hydrogens (tertiary/aromatic N) is 1. The van der Waals surface area contributed by atoms with Gasteiger partial charge in [-0.15, -0.1) is 0 Å². The van der Waals surface area contributed by atoms with Crippen LogP contribution in [0.1, 0.15) is 39.0 Å². The SMILES string of the molecule is CCC1CCC(CN)(N(C)S(=O)(=O)NC)CC1. The fraction of sp³-hybridized carbons (Fsp3) is 1.00. The molecule has 0 saturated heterocycles. The lowest BCUT2D eigenvalue weighted by atomic mass is 9.75. The molecule has 0 bridgehead atoms. The van der Waals surface area contributed by atoms with Crippen LogP contribution in [-0.4, -0.2) is 38.9 Å². The van der Waals surface area contributed by atoms with E-state index in [4.69, 9.17) is 5.73 Å². The standard InChI is InChI=1S/C11H25N3O2S/c1-4-10-5-7-11(9-12,8-6-10)14(3)17(15,16)13-2/h10,13H,4-9,12H2,1-3H3. The third-order valence-corrected chi connectivity index (χ3v) is 5.90. The number of nitrogens with two attached hydrogens (primary N) is 1. The van der Waals surface area contributed by atoms with E-state index in [1.807, 2.05) is 0 Å². The van der Waals surface area contributed by atoms with Gasteiger partial charge in [0.15, 0.2) is 0 Å². The van der Waals surface area contributed by atoms with E-state index in [-0.39, 0.29) is 0 Å². The van der Waals surface area contributed by atoms with Crippen LogP contribution in [0, 0.1) is 5.92 Å². The van der Waals surface area contributed by atoms with Crippen LogP contribution in [0.2, 0.25) is 0 Å². The van der Waals surface area contributed by atoms with Crippen LogP contribution in [0.25, 0.3) is 0 Å². The van der Waals surface area contributed by atoms with Crippen LogP contribution in [0.4, 0.5) is 0 Å². The Labute approximate surface area is 105 Å². The first-order valence-electron chi connectivity index (χ1n) is 6.29. The second-order valence-corrected chi connectivity index (χ2v) is 6.86. The largest absolute Gasteiger partial charge is 0.329 e. The van der Waals surface area contributed by atoms with Gasteiger partial charge in [0.2, 0.25) is 0 Å². The number of hydrogen-bond acceptors (Lipinski definition) is 3. The molecule has 6 heteroatoms. The van der Waals surface area contributed by atoms with Crippen molar-refractivity contribution in [3.8, 4) is 0 Å². The number of rotatable bonds is 5. The summed E-state index contributed by atoms with van der Waals surface area (Å²) in [5, 5.41) is 0. The van der Waals surface area contributed by atoms with Crippen LogP contribution in [0.3, 0.4) is 0 Å². The van der Waals surface area contributed by atoms with Gasteiger partial charge in [-0.25, -0.2) is 4.72 Å². The number of nitrogens with one attached hydrogen (secondary N) is 1. The molecule has 1 fully saturated rings. The van der Waals surface area contributed by atoms with Crippen molar-refractivity contribution in [2.24, 2.45) is 11.7 Å². The lowest BCUT2D eigenvalue weighted by molar-refractivity contribution is 0.128. The second-order valence-electron chi connectivity index (χ2n) is 4.96. The summed E-state index contributed by atoms with van der Waals surface area (Å²) in [5.74, 6) is 0.723. The summed E-state index contributed by atoms with van der Waals surface area (Å²) >= 11 is 0. The Kier molecular flexibility index (Phi) is 4.95. The molecule has 0 spiro atoms. The Bertz CT molecular complexity index is 335. The molecule has 1 aliphatic carbocycles. The van der Waals surface area contributed by atoms with Crippen molar-refractivity contribution in [2.45, 2.75) is 44.6 Å². The average molecular weight is 263 g/mol. The summed E-state index contributed by atoms with van der Waals surface area (Å²) in [6, 6.07) is 0. The van der Waals surface area contributed by atoms with Crippen LogP contribution < -0.4 is 10.5 Å². The van der Waals surface area contributed by atoms with Crippen LogP contribution in [-0.2, 0) is 10.2 Å². The average Bonchev–Trinajstić information content (AvgIpc) is 2.38. The van der Waals surface area contributed by atoms with Gasteiger partial charge in [0.1, 0.15) is 0 Å². The van der Waals surface area contributed by atoms with E-state index >= 15 is 0 Å². The van der Waals surface area contributed by atoms with Gasteiger partial charge >= 0.3 is 0 Å². The smallest absolute Gasteiger partial charge is 0.279 e. The minimum Gasteiger partial charge on any atom is -0.329 e. The zero-order valence-corrected chi connectivity index (χ0v) is 11.9. The van der Waals surface area contributed by atoms with E-state index in [0.717, 1.165) is 31.6 Å². The summed E-state index contributed by atoms with van der Waals surface area (Å²) < 4.78 is 27.5. The third-order valence-electron chi connectivity index (χ3n) is 4.28. The highest BCUT2D eigenvalue weighted by Gasteiger charge is 2.41. The van der Waals surface area contributed by atoms with E-state index in [0.29, 0.717) is 6.54 Å². The predicted molar refractivity (Wildman–Crippen MR) is 69.8 cm³/mol. The Hall–Kier alpha value is -0.170. The molecule has 0 aromatic rings. The van der Waals surface area contributed by atoms with Gasteiger partial charge in [-0.2, -0.15) is 12.7 Å². The van der Waals surface area contributed by atoms with Crippen molar-refractivity contribution in [2.75, 3.05) is 20.6 Å². The summed E-state index contributed by atoms with van der Waals surface area (Å²) in [7, 11) is -0.321. The second kappa shape index (κ2) is 5.65. The van der Waals surface area contributed by atoms with E-state index in [2.05, 4.69) is 11.6 Å². The van der Waals surface area contributed by atoms with Crippen LogP contribution >= 0.6 is 0 Å². The van der Waals surface area contributed by atoms with Gasteiger partial charge in [-0.3, -0.25) is 0 Å². The highest BCUT2D eigenvalue weighted by molar-refractivity contribution is 7.87. The number of hydrogen-bond donors (Lipinski definition) is 2. The molecule has 0 amide bonds. The van der Waals surface area contributed by atoms with Crippen LogP contribution in [0.15, 0.2) is 0 Å². The quantitative estimate of drug-likeness (QED) is 0.766. The molecule has 1 saturated carbocycles. The minimum absolute atomic E-state index is 0.390.